The van der Waals surface area contributed by atoms with Gasteiger partial charge in [0.1, 0.15) is 16.6 Å². The van der Waals surface area contributed by atoms with E-state index in [0.717, 1.165) is 11.4 Å². The van der Waals surface area contributed by atoms with Crippen molar-refractivity contribution in [1.82, 2.24) is 15.5 Å². The predicted molar refractivity (Wildman–Crippen MR) is 98.1 cm³/mol. The number of carbonyl (C=O) groups is 1. The van der Waals surface area contributed by atoms with Crippen LogP contribution in [0.25, 0.3) is 0 Å². The Bertz CT molecular complexity index is 900. The van der Waals surface area contributed by atoms with Gasteiger partial charge >= 0.3 is 0 Å². The number of carbonyl (C=O) groups excluding carboxylic acids is 1. The van der Waals surface area contributed by atoms with Gasteiger partial charge in [-0.25, -0.2) is 4.39 Å². The SMILES string of the molecule is COc1cccc(Nc2nnc(CC(=O)NCc3ccccc3F)s2)c1. The van der Waals surface area contributed by atoms with Crippen molar-refractivity contribution in [2.24, 2.45) is 0 Å². The molecule has 3 aromatic rings. The minimum Gasteiger partial charge on any atom is -0.497 e. The molecule has 0 radical (unpaired) electrons. The first-order valence-electron chi connectivity index (χ1n) is 7.87. The Hall–Kier alpha value is -3.00. The number of hydrogen-bond acceptors (Lipinski definition) is 6. The third kappa shape index (κ3) is 4.76. The summed E-state index contributed by atoms with van der Waals surface area (Å²) in [6.45, 7) is 0.138. The Morgan fingerprint density at radius 3 is 2.85 bits per heavy atom. The van der Waals surface area contributed by atoms with Gasteiger partial charge in [0.2, 0.25) is 11.0 Å². The van der Waals surface area contributed by atoms with E-state index in [0.29, 0.717) is 15.7 Å². The molecule has 8 heteroatoms. The number of methoxy groups -OCH3 is 1. The van der Waals surface area contributed by atoms with E-state index in [1.807, 2.05) is 24.3 Å². The zero-order valence-corrected chi connectivity index (χ0v) is 14.8. The number of nitrogens with zero attached hydrogens (tertiary/aromatic N) is 2. The molecule has 1 amide bonds. The van der Waals surface area contributed by atoms with Gasteiger partial charge in [0.05, 0.1) is 13.5 Å². The highest BCUT2D eigenvalue weighted by Crippen LogP contribution is 2.23. The standard InChI is InChI=1S/C18H17FN4O2S/c1-25-14-7-4-6-13(9-14)21-18-23-22-17(26-18)10-16(24)20-11-12-5-2-3-8-15(12)19/h2-9H,10-11H2,1H3,(H,20,24)(H,21,23). The summed E-state index contributed by atoms with van der Waals surface area (Å²) in [6.07, 6.45) is 0.0892. The Kier molecular flexibility index (Phi) is 5.75. The molecule has 0 fully saturated rings. The van der Waals surface area contributed by atoms with Gasteiger partial charge in [0.25, 0.3) is 0 Å². The van der Waals surface area contributed by atoms with E-state index in [4.69, 9.17) is 4.74 Å². The number of nitrogens with one attached hydrogen (secondary N) is 2. The minimum absolute atomic E-state index is 0.0892. The molecule has 26 heavy (non-hydrogen) atoms. The summed E-state index contributed by atoms with van der Waals surface area (Å²) < 4.78 is 18.7. The number of anilines is 2. The third-order valence-electron chi connectivity index (χ3n) is 3.53. The fourth-order valence-corrected chi connectivity index (χ4v) is 2.99. The fraction of sp³-hybridized carbons (Fsp3) is 0.167. The lowest BCUT2D eigenvalue weighted by Crippen LogP contribution is -2.24. The van der Waals surface area contributed by atoms with Crippen LogP contribution in [0.3, 0.4) is 0 Å². The summed E-state index contributed by atoms with van der Waals surface area (Å²) in [6, 6.07) is 13.8. The Morgan fingerprint density at radius 1 is 1.19 bits per heavy atom. The number of ether oxygens (including phenoxy) is 1. The smallest absolute Gasteiger partial charge is 0.227 e. The van der Waals surface area contributed by atoms with Crippen molar-refractivity contribution in [2.75, 3.05) is 12.4 Å². The lowest BCUT2D eigenvalue weighted by atomic mass is 10.2. The second-order valence-electron chi connectivity index (χ2n) is 5.40. The molecule has 1 aromatic heterocycles. The van der Waals surface area contributed by atoms with Gasteiger partial charge in [-0.05, 0) is 18.2 Å². The molecule has 3 rings (SSSR count). The van der Waals surface area contributed by atoms with Gasteiger partial charge in [-0.2, -0.15) is 0 Å². The molecule has 6 nitrogen and oxygen atoms in total. The van der Waals surface area contributed by atoms with Crippen LogP contribution in [0.15, 0.2) is 48.5 Å². The molecule has 0 aliphatic carbocycles. The number of rotatable bonds is 7. The molecular formula is C18H17FN4O2S. The van der Waals surface area contributed by atoms with Crippen LogP contribution in [0.2, 0.25) is 0 Å². The number of aromatic nitrogens is 2. The second kappa shape index (κ2) is 8.39. The molecule has 0 saturated heterocycles. The molecule has 0 saturated carbocycles. The quantitative estimate of drug-likeness (QED) is 0.666. The van der Waals surface area contributed by atoms with E-state index in [1.54, 1.807) is 25.3 Å². The first kappa shape index (κ1) is 17.8. The highest BCUT2D eigenvalue weighted by molar-refractivity contribution is 7.15. The van der Waals surface area contributed by atoms with Crippen LogP contribution in [-0.2, 0) is 17.8 Å². The van der Waals surface area contributed by atoms with Crippen molar-refractivity contribution >= 4 is 28.1 Å². The van der Waals surface area contributed by atoms with E-state index in [2.05, 4.69) is 20.8 Å². The Morgan fingerprint density at radius 2 is 2.04 bits per heavy atom. The average Bonchev–Trinajstić information content (AvgIpc) is 3.08. The van der Waals surface area contributed by atoms with Crippen molar-refractivity contribution in [2.45, 2.75) is 13.0 Å². The fourth-order valence-electron chi connectivity index (χ4n) is 2.24. The zero-order chi connectivity index (χ0) is 18.4. The molecule has 2 aromatic carbocycles. The van der Waals surface area contributed by atoms with Crippen LogP contribution in [0.1, 0.15) is 10.6 Å². The second-order valence-corrected chi connectivity index (χ2v) is 6.46. The highest BCUT2D eigenvalue weighted by Gasteiger charge is 2.10. The maximum Gasteiger partial charge on any atom is 0.227 e. The number of halogens is 1. The van der Waals surface area contributed by atoms with Crippen LogP contribution >= 0.6 is 11.3 Å². The number of benzene rings is 2. The number of hydrogen-bond donors (Lipinski definition) is 2. The predicted octanol–water partition coefficient (Wildman–Crippen LogP) is 3.29. The summed E-state index contributed by atoms with van der Waals surface area (Å²) >= 11 is 1.29. The lowest BCUT2D eigenvalue weighted by molar-refractivity contribution is -0.120. The summed E-state index contributed by atoms with van der Waals surface area (Å²) in [5, 5.41) is 15.0. The van der Waals surface area contributed by atoms with Crippen molar-refractivity contribution in [3.05, 3.63) is 64.9 Å². The molecule has 0 bridgehead atoms. The summed E-state index contributed by atoms with van der Waals surface area (Å²) in [7, 11) is 1.60. The van der Waals surface area contributed by atoms with Crippen molar-refractivity contribution in [3.63, 3.8) is 0 Å². The minimum atomic E-state index is -0.339. The van der Waals surface area contributed by atoms with E-state index < -0.39 is 0 Å². The average molecular weight is 372 g/mol. The summed E-state index contributed by atoms with van der Waals surface area (Å²) in [4.78, 5) is 12.0. The maximum atomic E-state index is 13.5. The molecule has 1 heterocycles. The van der Waals surface area contributed by atoms with Crippen LogP contribution in [0.5, 0.6) is 5.75 Å². The van der Waals surface area contributed by atoms with Crippen molar-refractivity contribution in [1.29, 1.82) is 0 Å². The van der Waals surface area contributed by atoms with E-state index in [9.17, 15) is 9.18 Å². The molecule has 0 aliphatic heterocycles. The van der Waals surface area contributed by atoms with E-state index >= 15 is 0 Å². The van der Waals surface area contributed by atoms with Gasteiger partial charge in [0.15, 0.2) is 0 Å². The Balaban J connectivity index is 1.54. The first-order valence-corrected chi connectivity index (χ1v) is 8.69. The molecule has 2 N–H and O–H groups in total. The van der Waals surface area contributed by atoms with Gasteiger partial charge in [-0.3, -0.25) is 4.79 Å². The van der Waals surface area contributed by atoms with Gasteiger partial charge in [0, 0.05) is 23.9 Å². The summed E-state index contributed by atoms with van der Waals surface area (Å²) in [5.74, 6) is 0.151. The van der Waals surface area contributed by atoms with E-state index in [1.165, 1.54) is 17.4 Å². The van der Waals surface area contributed by atoms with Crippen LogP contribution in [0.4, 0.5) is 15.2 Å². The van der Waals surface area contributed by atoms with Crippen molar-refractivity contribution in [3.8, 4) is 5.75 Å². The highest BCUT2D eigenvalue weighted by atomic mass is 32.1. The molecular weight excluding hydrogens is 355 g/mol. The molecule has 0 unspecified atom stereocenters. The zero-order valence-electron chi connectivity index (χ0n) is 14.0. The van der Waals surface area contributed by atoms with Crippen LogP contribution in [-0.4, -0.2) is 23.2 Å². The summed E-state index contributed by atoms with van der Waals surface area (Å²) in [5.41, 5.74) is 1.26. The maximum absolute atomic E-state index is 13.5. The molecule has 0 aliphatic rings. The largest absolute Gasteiger partial charge is 0.497 e. The normalized spacial score (nSPS) is 10.4. The van der Waals surface area contributed by atoms with Gasteiger partial charge in [-0.15, -0.1) is 10.2 Å². The van der Waals surface area contributed by atoms with E-state index in [-0.39, 0.29) is 24.7 Å². The van der Waals surface area contributed by atoms with Crippen LogP contribution in [0, 0.1) is 5.82 Å². The Labute approximate surface area is 154 Å². The monoisotopic (exact) mass is 372 g/mol. The first-order chi connectivity index (χ1) is 12.6. The number of amides is 1. The third-order valence-corrected chi connectivity index (χ3v) is 4.37. The van der Waals surface area contributed by atoms with Crippen molar-refractivity contribution < 1.29 is 13.9 Å². The van der Waals surface area contributed by atoms with Crippen LogP contribution < -0.4 is 15.4 Å². The van der Waals surface area contributed by atoms with Gasteiger partial charge in [-0.1, -0.05) is 35.6 Å². The lowest BCUT2D eigenvalue weighted by Gasteiger charge is -2.05. The topological polar surface area (TPSA) is 76.1 Å². The molecule has 134 valence electrons. The molecule has 0 spiro atoms. The van der Waals surface area contributed by atoms with Gasteiger partial charge < -0.3 is 15.4 Å². The molecule has 0 atom stereocenters.